The maximum atomic E-state index is 4.86. The first-order valence-electron chi connectivity index (χ1n) is 9.41. The van der Waals surface area contributed by atoms with Gasteiger partial charge in [-0.25, -0.2) is 9.97 Å². The van der Waals surface area contributed by atoms with E-state index in [2.05, 4.69) is 55.4 Å². The molecule has 8 nitrogen and oxygen atoms in total. The third-order valence-corrected chi connectivity index (χ3v) is 6.06. The van der Waals surface area contributed by atoms with E-state index in [1.54, 1.807) is 22.2 Å². The van der Waals surface area contributed by atoms with Crippen molar-refractivity contribution >= 4 is 33.4 Å². The zero-order chi connectivity index (χ0) is 20.2. The molecule has 0 atom stereocenters. The predicted molar refractivity (Wildman–Crippen MR) is 117 cm³/mol. The SMILES string of the molecule is Cc1ccc(-c2nccc3[nH]c(-c4n[nH]c5ncc(-c6cnn(C)c6)cc45)nc23)s1. The lowest BCUT2D eigenvalue weighted by Gasteiger charge is -1.98. The van der Waals surface area contributed by atoms with Crippen LogP contribution in [0.2, 0.25) is 0 Å². The van der Waals surface area contributed by atoms with Crippen LogP contribution < -0.4 is 0 Å². The highest BCUT2D eigenvalue weighted by molar-refractivity contribution is 7.15. The quantitative estimate of drug-likeness (QED) is 0.450. The fourth-order valence-electron chi connectivity index (χ4n) is 3.60. The highest BCUT2D eigenvalue weighted by Gasteiger charge is 2.17. The van der Waals surface area contributed by atoms with Crippen LogP contribution in [0.3, 0.4) is 0 Å². The molecule has 6 aromatic rings. The van der Waals surface area contributed by atoms with Gasteiger partial charge in [-0.15, -0.1) is 11.3 Å². The highest BCUT2D eigenvalue weighted by atomic mass is 32.1. The molecule has 146 valence electrons. The molecule has 6 aromatic heterocycles. The van der Waals surface area contributed by atoms with Gasteiger partial charge in [0.05, 0.1) is 22.0 Å². The second-order valence-electron chi connectivity index (χ2n) is 7.15. The molecule has 0 aliphatic carbocycles. The Morgan fingerprint density at radius 3 is 2.77 bits per heavy atom. The molecule has 6 heterocycles. The molecular formula is C21H16N8S. The summed E-state index contributed by atoms with van der Waals surface area (Å²) in [6.45, 7) is 2.09. The minimum absolute atomic E-state index is 0.684. The van der Waals surface area contributed by atoms with E-state index in [0.29, 0.717) is 11.5 Å². The fourth-order valence-corrected chi connectivity index (χ4v) is 4.47. The lowest BCUT2D eigenvalue weighted by Crippen LogP contribution is -1.85. The summed E-state index contributed by atoms with van der Waals surface area (Å²) in [6, 6.07) is 8.18. The minimum atomic E-state index is 0.684. The molecule has 30 heavy (non-hydrogen) atoms. The molecule has 0 aliphatic heterocycles. The van der Waals surface area contributed by atoms with Crippen molar-refractivity contribution in [2.24, 2.45) is 7.05 Å². The van der Waals surface area contributed by atoms with E-state index >= 15 is 0 Å². The number of rotatable bonds is 3. The summed E-state index contributed by atoms with van der Waals surface area (Å²) in [5.41, 5.74) is 6.06. The molecule has 0 bridgehead atoms. The molecule has 0 saturated carbocycles. The largest absolute Gasteiger partial charge is 0.336 e. The van der Waals surface area contributed by atoms with Crippen molar-refractivity contribution < 1.29 is 0 Å². The normalized spacial score (nSPS) is 11.7. The van der Waals surface area contributed by atoms with Gasteiger partial charge in [0.2, 0.25) is 0 Å². The van der Waals surface area contributed by atoms with E-state index in [1.807, 2.05) is 31.7 Å². The molecule has 2 N–H and O–H groups in total. The zero-order valence-corrected chi connectivity index (χ0v) is 17.0. The van der Waals surface area contributed by atoms with Crippen LogP contribution >= 0.6 is 11.3 Å². The second kappa shape index (κ2) is 6.33. The molecule has 6 rings (SSSR count). The van der Waals surface area contributed by atoms with Gasteiger partial charge in [-0.3, -0.25) is 14.8 Å². The number of hydrogen-bond donors (Lipinski definition) is 2. The third kappa shape index (κ3) is 2.63. The van der Waals surface area contributed by atoms with Gasteiger partial charge in [0, 0.05) is 41.6 Å². The van der Waals surface area contributed by atoms with Crippen LogP contribution in [0.4, 0.5) is 0 Å². The van der Waals surface area contributed by atoms with Crippen molar-refractivity contribution in [1.82, 2.24) is 39.9 Å². The summed E-state index contributed by atoms with van der Waals surface area (Å²) >= 11 is 1.71. The first-order chi connectivity index (χ1) is 14.7. The van der Waals surface area contributed by atoms with E-state index in [1.165, 1.54) is 4.88 Å². The van der Waals surface area contributed by atoms with Crippen LogP contribution in [-0.2, 0) is 7.05 Å². The number of aromatic nitrogens is 8. The number of H-pyrrole nitrogens is 2. The summed E-state index contributed by atoms with van der Waals surface area (Å²) in [5, 5.41) is 12.6. The van der Waals surface area contributed by atoms with Crippen molar-refractivity contribution in [1.29, 1.82) is 0 Å². The number of aryl methyl sites for hydroxylation is 2. The van der Waals surface area contributed by atoms with Gasteiger partial charge in [-0.05, 0) is 31.2 Å². The standard InChI is InChI=1S/C21H16N8S/c1-11-3-4-16(30-11)19-18-15(5-6-22-19)25-21(26-18)17-14-7-12(8-23-20(14)28-27-17)13-9-24-29(2)10-13/h3-10H,1-2H3,(H,25,26)(H,23,27,28). The van der Waals surface area contributed by atoms with Crippen molar-refractivity contribution in [3.8, 4) is 33.2 Å². The van der Waals surface area contributed by atoms with Crippen LogP contribution in [0.5, 0.6) is 0 Å². The molecule has 0 saturated heterocycles. The van der Waals surface area contributed by atoms with E-state index in [-0.39, 0.29) is 0 Å². The Bertz CT molecular complexity index is 1530. The van der Waals surface area contributed by atoms with Gasteiger partial charge in [0.25, 0.3) is 0 Å². The number of nitrogens with zero attached hydrogens (tertiary/aromatic N) is 6. The lowest BCUT2D eigenvalue weighted by atomic mass is 10.1. The number of imidazole rings is 1. The van der Waals surface area contributed by atoms with Gasteiger partial charge in [-0.1, -0.05) is 0 Å². The smallest absolute Gasteiger partial charge is 0.159 e. The molecule has 0 radical (unpaired) electrons. The van der Waals surface area contributed by atoms with E-state index in [4.69, 9.17) is 4.98 Å². The predicted octanol–water partition coefficient (Wildman–Crippen LogP) is 4.33. The molecule has 0 unspecified atom stereocenters. The Balaban J connectivity index is 1.52. The van der Waals surface area contributed by atoms with Gasteiger partial charge < -0.3 is 4.98 Å². The molecule has 9 heteroatoms. The summed E-state index contributed by atoms with van der Waals surface area (Å²) in [6.07, 6.45) is 7.41. The number of aromatic amines is 2. The topological polar surface area (TPSA) is 101 Å². The Morgan fingerprint density at radius 1 is 1.03 bits per heavy atom. The summed E-state index contributed by atoms with van der Waals surface area (Å²) in [5.74, 6) is 0.684. The molecule has 0 aromatic carbocycles. The molecule has 0 spiro atoms. The molecule has 0 aliphatic rings. The number of pyridine rings is 2. The monoisotopic (exact) mass is 412 g/mol. The van der Waals surface area contributed by atoms with Crippen LogP contribution in [0.1, 0.15) is 4.88 Å². The Kier molecular flexibility index (Phi) is 3.59. The third-order valence-electron chi connectivity index (χ3n) is 5.05. The average Bonchev–Trinajstić information content (AvgIpc) is 3.52. The highest BCUT2D eigenvalue weighted by Crippen LogP contribution is 2.33. The van der Waals surface area contributed by atoms with Crippen molar-refractivity contribution in [2.75, 3.05) is 0 Å². The average molecular weight is 412 g/mol. The van der Waals surface area contributed by atoms with Crippen LogP contribution in [0, 0.1) is 6.92 Å². The molecular weight excluding hydrogens is 396 g/mol. The van der Waals surface area contributed by atoms with Crippen LogP contribution in [0.15, 0.2) is 49.1 Å². The van der Waals surface area contributed by atoms with Crippen molar-refractivity contribution in [3.05, 3.63) is 53.9 Å². The number of hydrogen-bond acceptors (Lipinski definition) is 6. The summed E-state index contributed by atoms with van der Waals surface area (Å²) in [7, 11) is 1.90. The minimum Gasteiger partial charge on any atom is -0.336 e. The van der Waals surface area contributed by atoms with Crippen LogP contribution in [-0.4, -0.2) is 39.9 Å². The second-order valence-corrected chi connectivity index (χ2v) is 8.43. The number of thiophene rings is 1. The Hall–Kier alpha value is -3.85. The van der Waals surface area contributed by atoms with Crippen LogP contribution in [0.25, 0.3) is 55.3 Å². The maximum absolute atomic E-state index is 4.86. The maximum Gasteiger partial charge on any atom is 0.159 e. The lowest BCUT2D eigenvalue weighted by molar-refractivity contribution is 0.768. The Labute approximate surface area is 174 Å². The number of fused-ring (bicyclic) bond motifs is 2. The fraction of sp³-hybridized carbons (Fsp3) is 0.0952. The number of nitrogens with one attached hydrogen (secondary N) is 2. The molecule has 0 amide bonds. The Morgan fingerprint density at radius 2 is 1.97 bits per heavy atom. The summed E-state index contributed by atoms with van der Waals surface area (Å²) < 4.78 is 1.77. The van der Waals surface area contributed by atoms with E-state index in [0.717, 1.165) is 43.8 Å². The molecule has 0 fully saturated rings. The summed E-state index contributed by atoms with van der Waals surface area (Å²) in [4.78, 5) is 19.7. The van der Waals surface area contributed by atoms with E-state index in [9.17, 15) is 0 Å². The first kappa shape index (κ1) is 17.0. The van der Waals surface area contributed by atoms with Gasteiger partial charge in [-0.2, -0.15) is 10.2 Å². The first-order valence-corrected chi connectivity index (χ1v) is 10.2. The van der Waals surface area contributed by atoms with E-state index < -0.39 is 0 Å². The van der Waals surface area contributed by atoms with Crippen molar-refractivity contribution in [2.45, 2.75) is 6.92 Å². The van der Waals surface area contributed by atoms with Gasteiger partial charge in [0.1, 0.15) is 16.9 Å². The van der Waals surface area contributed by atoms with Gasteiger partial charge >= 0.3 is 0 Å². The van der Waals surface area contributed by atoms with Gasteiger partial charge in [0.15, 0.2) is 11.5 Å². The van der Waals surface area contributed by atoms with Crippen molar-refractivity contribution in [3.63, 3.8) is 0 Å². The zero-order valence-electron chi connectivity index (χ0n) is 16.2.